The highest BCUT2D eigenvalue weighted by Crippen LogP contribution is 2.45. The van der Waals surface area contributed by atoms with E-state index in [9.17, 15) is 13.2 Å². The SMILES string of the molecule is NNC1=C(Cl)CC(Cl)(C(F)(F)F)C=C1. The Bertz CT molecular complexity index is 298. The van der Waals surface area contributed by atoms with Gasteiger partial charge in [-0.05, 0) is 6.08 Å². The number of halogens is 5. The van der Waals surface area contributed by atoms with Crippen LogP contribution >= 0.6 is 23.2 Å². The summed E-state index contributed by atoms with van der Waals surface area (Å²) in [5.41, 5.74) is 2.42. The Morgan fingerprint density at radius 3 is 2.43 bits per heavy atom. The zero-order chi connectivity index (χ0) is 11.0. The summed E-state index contributed by atoms with van der Waals surface area (Å²) in [5, 5.41) is -0.0395. The van der Waals surface area contributed by atoms with Crippen molar-refractivity contribution < 1.29 is 13.2 Å². The summed E-state index contributed by atoms with van der Waals surface area (Å²) < 4.78 is 37.2. The molecule has 2 nitrogen and oxygen atoms in total. The van der Waals surface area contributed by atoms with Crippen LogP contribution in [-0.4, -0.2) is 11.1 Å². The molecule has 7 heteroatoms. The van der Waals surface area contributed by atoms with E-state index in [-0.39, 0.29) is 10.7 Å². The Balaban J connectivity index is 2.96. The number of alkyl halides is 4. The average molecular weight is 247 g/mol. The summed E-state index contributed by atoms with van der Waals surface area (Å²) >= 11 is 10.9. The molecule has 1 atom stereocenters. The first kappa shape index (κ1) is 11.7. The van der Waals surface area contributed by atoms with E-state index in [0.717, 1.165) is 12.2 Å². The molecule has 0 heterocycles. The lowest BCUT2D eigenvalue weighted by atomic mass is 9.97. The second-order valence-corrected chi connectivity index (χ2v) is 3.96. The van der Waals surface area contributed by atoms with Crippen molar-refractivity contribution in [2.24, 2.45) is 5.84 Å². The van der Waals surface area contributed by atoms with Gasteiger partial charge >= 0.3 is 6.18 Å². The Morgan fingerprint density at radius 2 is 2.07 bits per heavy atom. The first-order valence-electron chi connectivity index (χ1n) is 3.60. The topological polar surface area (TPSA) is 38.0 Å². The summed E-state index contributed by atoms with van der Waals surface area (Å²) in [6, 6.07) is 0. The summed E-state index contributed by atoms with van der Waals surface area (Å²) in [6.45, 7) is 0. The smallest absolute Gasteiger partial charge is 0.323 e. The van der Waals surface area contributed by atoms with Crippen molar-refractivity contribution >= 4 is 23.2 Å². The van der Waals surface area contributed by atoms with E-state index in [1.54, 1.807) is 0 Å². The molecule has 80 valence electrons. The van der Waals surface area contributed by atoms with Crippen molar-refractivity contribution in [3.05, 3.63) is 22.9 Å². The Morgan fingerprint density at radius 1 is 1.50 bits per heavy atom. The molecule has 1 aliphatic rings. The van der Waals surface area contributed by atoms with E-state index in [1.807, 2.05) is 0 Å². The summed E-state index contributed by atoms with van der Waals surface area (Å²) in [5.74, 6) is 5.02. The standard InChI is InChI=1S/C7H7Cl2F3N2/c8-4-3-6(9,7(10,11)12)2-1-5(4)14-13/h1-2,14H,3,13H2. The first-order chi connectivity index (χ1) is 6.30. The fourth-order valence-electron chi connectivity index (χ4n) is 1.01. The number of allylic oxidation sites excluding steroid dienone is 3. The minimum Gasteiger partial charge on any atom is -0.323 e. The second kappa shape index (κ2) is 3.64. The van der Waals surface area contributed by atoms with Crippen molar-refractivity contribution in [1.29, 1.82) is 0 Å². The van der Waals surface area contributed by atoms with E-state index >= 15 is 0 Å². The molecule has 0 aromatic rings. The molecule has 0 aromatic heterocycles. The van der Waals surface area contributed by atoms with E-state index in [1.165, 1.54) is 0 Å². The minimum absolute atomic E-state index is 0.0395. The van der Waals surface area contributed by atoms with Crippen molar-refractivity contribution in [2.45, 2.75) is 17.5 Å². The molecule has 1 rings (SSSR count). The fraction of sp³-hybridized carbons (Fsp3) is 0.429. The molecule has 1 aliphatic carbocycles. The van der Waals surface area contributed by atoms with Crippen LogP contribution in [0.5, 0.6) is 0 Å². The molecule has 0 spiro atoms. The molecule has 0 saturated heterocycles. The lowest BCUT2D eigenvalue weighted by Gasteiger charge is -2.29. The van der Waals surface area contributed by atoms with Crippen molar-refractivity contribution in [1.82, 2.24) is 5.43 Å². The molecule has 0 aromatic carbocycles. The summed E-state index contributed by atoms with van der Waals surface area (Å²) in [4.78, 5) is -2.43. The van der Waals surface area contributed by atoms with Gasteiger partial charge < -0.3 is 5.43 Å². The minimum atomic E-state index is -4.54. The number of nitrogens with two attached hydrogens (primary N) is 1. The lowest BCUT2D eigenvalue weighted by molar-refractivity contribution is -0.149. The van der Waals surface area contributed by atoms with Crippen LogP contribution in [0.15, 0.2) is 22.9 Å². The number of nitrogens with one attached hydrogen (secondary N) is 1. The quantitative estimate of drug-likeness (QED) is 0.424. The molecule has 0 fully saturated rings. The highest BCUT2D eigenvalue weighted by Gasteiger charge is 2.53. The molecule has 0 saturated carbocycles. The van der Waals surface area contributed by atoms with Crippen LogP contribution in [0.25, 0.3) is 0 Å². The van der Waals surface area contributed by atoms with E-state index in [0.29, 0.717) is 0 Å². The van der Waals surface area contributed by atoms with Crippen molar-refractivity contribution in [2.75, 3.05) is 0 Å². The highest BCUT2D eigenvalue weighted by atomic mass is 35.5. The van der Waals surface area contributed by atoms with Crippen molar-refractivity contribution in [3.8, 4) is 0 Å². The van der Waals surface area contributed by atoms with Crippen LogP contribution in [-0.2, 0) is 0 Å². The van der Waals surface area contributed by atoms with Crippen LogP contribution in [0.1, 0.15) is 6.42 Å². The van der Waals surface area contributed by atoms with Gasteiger partial charge in [0.05, 0.1) is 5.70 Å². The van der Waals surface area contributed by atoms with Gasteiger partial charge in [0.15, 0.2) is 4.87 Å². The normalized spacial score (nSPS) is 28.1. The molecule has 0 radical (unpaired) electrons. The molecular weight excluding hydrogens is 240 g/mol. The van der Waals surface area contributed by atoms with E-state index in [2.05, 4.69) is 5.43 Å². The Hall–Kier alpha value is -0.390. The first-order valence-corrected chi connectivity index (χ1v) is 4.36. The molecule has 0 bridgehead atoms. The Kier molecular flexibility index (Phi) is 3.04. The Labute approximate surface area is 88.5 Å². The molecule has 1 unspecified atom stereocenters. The largest absolute Gasteiger partial charge is 0.411 e. The number of hydrogen-bond acceptors (Lipinski definition) is 2. The lowest BCUT2D eigenvalue weighted by Crippen LogP contribution is -2.40. The third-order valence-electron chi connectivity index (χ3n) is 1.85. The van der Waals surface area contributed by atoms with Gasteiger partial charge in [-0.2, -0.15) is 13.2 Å². The predicted octanol–water partition coefficient (Wildman–Crippen LogP) is 2.40. The molecular formula is C7H7Cl2F3N2. The van der Waals surface area contributed by atoms with Crippen LogP contribution in [0.4, 0.5) is 13.2 Å². The second-order valence-electron chi connectivity index (χ2n) is 2.83. The van der Waals surface area contributed by atoms with Gasteiger partial charge in [-0.3, -0.25) is 5.84 Å². The number of hydrazine groups is 1. The van der Waals surface area contributed by atoms with Crippen LogP contribution in [0.3, 0.4) is 0 Å². The molecule has 0 aliphatic heterocycles. The average Bonchev–Trinajstić information content (AvgIpc) is 2.02. The summed E-state index contributed by atoms with van der Waals surface area (Å²) in [7, 11) is 0. The third kappa shape index (κ3) is 1.99. The van der Waals surface area contributed by atoms with Gasteiger partial charge in [0.1, 0.15) is 0 Å². The van der Waals surface area contributed by atoms with E-state index in [4.69, 9.17) is 29.0 Å². The number of rotatable bonds is 1. The fourth-order valence-corrected chi connectivity index (χ4v) is 1.60. The maximum absolute atomic E-state index is 12.4. The number of hydrogen-bond donors (Lipinski definition) is 2. The van der Waals surface area contributed by atoms with Gasteiger partial charge in [-0.15, -0.1) is 11.6 Å². The van der Waals surface area contributed by atoms with Gasteiger partial charge in [0.25, 0.3) is 0 Å². The van der Waals surface area contributed by atoms with Gasteiger partial charge in [0, 0.05) is 11.5 Å². The predicted molar refractivity (Wildman–Crippen MR) is 48.6 cm³/mol. The highest BCUT2D eigenvalue weighted by molar-refractivity contribution is 6.32. The van der Waals surface area contributed by atoms with E-state index < -0.39 is 17.5 Å². The third-order valence-corrected chi connectivity index (χ3v) is 2.66. The zero-order valence-electron chi connectivity index (χ0n) is 6.83. The van der Waals surface area contributed by atoms with Gasteiger partial charge in [-0.1, -0.05) is 17.7 Å². The van der Waals surface area contributed by atoms with Crippen LogP contribution in [0, 0.1) is 0 Å². The molecule has 3 N–H and O–H groups in total. The van der Waals surface area contributed by atoms with Crippen molar-refractivity contribution in [3.63, 3.8) is 0 Å². The zero-order valence-corrected chi connectivity index (χ0v) is 8.34. The van der Waals surface area contributed by atoms with Gasteiger partial charge in [0.2, 0.25) is 0 Å². The van der Waals surface area contributed by atoms with Gasteiger partial charge in [-0.25, -0.2) is 0 Å². The van der Waals surface area contributed by atoms with Crippen LogP contribution in [0.2, 0.25) is 0 Å². The molecule has 14 heavy (non-hydrogen) atoms. The maximum Gasteiger partial charge on any atom is 0.411 e. The molecule has 0 amide bonds. The summed E-state index contributed by atoms with van der Waals surface area (Å²) in [6.07, 6.45) is -3.11. The van der Waals surface area contributed by atoms with Crippen LogP contribution < -0.4 is 11.3 Å². The maximum atomic E-state index is 12.4. The monoisotopic (exact) mass is 246 g/mol.